The average molecular weight is 184 g/mol. The fourth-order valence-corrected chi connectivity index (χ4v) is 1.58. The lowest BCUT2D eigenvalue weighted by Crippen LogP contribution is -2.36. The van der Waals surface area contributed by atoms with Crippen molar-refractivity contribution in [3.8, 4) is 0 Å². The summed E-state index contributed by atoms with van der Waals surface area (Å²) >= 11 is 0. The number of rotatable bonds is 5. The molecule has 1 heterocycles. The molecule has 0 aromatic carbocycles. The molecule has 1 N–H and O–H groups in total. The Morgan fingerprint density at radius 2 is 2.08 bits per heavy atom. The normalized spacial score (nSPS) is 16.5. The number of amides is 1. The van der Waals surface area contributed by atoms with Crippen molar-refractivity contribution < 1.29 is 4.79 Å². The Hall–Kier alpha value is -0.570. The Balaban J connectivity index is 2.03. The summed E-state index contributed by atoms with van der Waals surface area (Å²) in [7, 11) is 0. The fraction of sp³-hybridized carbons (Fsp3) is 0.900. The van der Waals surface area contributed by atoms with E-state index < -0.39 is 0 Å². The van der Waals surface area contributed by atoms with Gasteiger partial charge in [-0.2, -0.15) is 0 Å². The van der Waals surface area contributed by atoms with Crippen LogP contribution in [-0.4, -0.2) is 37.0 Å². The smallest absolute Gasteiger partial charge is 0.236 e. The lowest BCUT2D eigenvalue weighted by molar-refractivity contribution is -0.129. The number of likely N-dealkylation sites (tertiary alicyclic amines) is 1. The van der Waals surface area contributed by atoms with Gasteiger partial charge in [0.25, 0.3) is 0 Å². The number of carbonyl (C=O) groups is 1. The number of unbranched alkanes of at least 4 members (excludes halogenated alkanes) is 1. The minimum absolute atomic E-state index is 0.272. The quantitative estimate of drug-likeness (QED) is 0.646. The minimum Gasteiger partial charge on any atom is -0.342 e. The van der Waals surface area contributed by atoms with Crippen molar-refractivity contribution in [1.82, 2.24) is 10.2 Å². The molecule has 0 unspecified atom stereocenters. The number of nitrogens with one attached hydrogen (secondary N) is 1. The maximum atomic E-state index is 11.5. The molecule has 0 spiro atoms. The number of carbonyl (C=O) groups excluding carboxylic acids is 1. The molecule has 1 aliphatic heterocycles. The Kier molecular flexibility index (Phi) is 4.83. The zero-order chi connectivity index (χ0) is 9.52. The van der Waals surface area contributed by atoms with Crippen molar-refractivity contribution in [3.05, 3.63) is 0 Å². The molecule has 0 radical (unpaired) electrons. The molecule has 1 rings (SSSR count). The molecule has 1 fully saturated rings. The monoisotopic (exact) mass is 184 g/mol. The van der Waals surface area contributed by atoms with Gasteiger partial charge in [0, 0.05) is 13.1 Å². The van der Waals surface area contributed by atoms with E-state index in [4.69, 9.17) is 0 Å². The Morgan fingerprint density at radius 3 is 2.69 bits per heavy atom. The van der Waals surface area contributed by atoms with Crippen LogP contribution in [0.25, 0.3) is 0 Å². The first-order valence-electron chi connectivity index (χ1n) is 5.33. The van der Waals surface area contributed by atoms with Crippen LogP contribution in [-0.2, 0) is 4.79 Å². The maximum absolute atomic E-state index is 11.5. The summed E-state index contributed by atoms with van der Waals surface area (Å²) < 4.78 is 0. The van der Waals surface area contributed by atoms with Gasteiger partial charge >= 0.3 is 0 Å². The summed E-state index contributed by atoms with van der Waals surface area (Å²) in [4.78, 5) is 13.4. The van der Waals surface area contributed by atoms with Crippen molar-refractivity contribution >= 4 is 5.91 Å². The summed E-state index contributed by atoms with van der Waals surface area (Å²) in [5.41, 5.74) is 0. The van der Waals surface area contributed by atoms with Crippen LogP contribution < -0.4 is 5.32 Å². The largest absolute Gasteiger partial charge is 0.342 e. The molecule has 1 aliphatic rings. The van der Waals surface area contributed by atoms with E-state index >= 15 is 0 Å². The standard InChI is InChI=1S/C10H20N2O/c1-2-3-6-11-9-10(13)12-7-4-5-8-12/h11H,2-9H2,1H3. The first-order chi connectivity index (χ1) is 6.34. The van der Waals surface area contributed by atoms with Gasteiger partial charge in [-0.25, -0.2) is 0 Å². The first-order valence-corrected chi connectivity index (χ1v) is 5.33. The summed E-state index contributed by atoms with van der Waals surface area (Å²) in [6.45, 7) is 5.59. The molecule has 76 valence electrons. The van der Waals surface area contributed by atoms with Gasteiger partial charge in [-0.3, -0.25) is 4.79 Å². The van der Waals surface area contributed by atoms with Crippen molar-refractivity contribution in [2.75, 3.05) is 26.2 Å². The van der Waals surface area contributed by atoms with Crippen LogP contribution in [0.1, 0.15) is 32.6 Å². The van der Waals surface area contributed by atoms with E-state index in [0.29, 0.717) is 6.54 Å². The van der Waals surface area contributed by atoms with Gasteiger partial charge in [-0.15, -0.1) is 0 Å². The van der Waals surface area contributed by atoms with E-state index in [1.165, 1.54) is 19.3 Å². The molecular weight excluding hydrogens is 164 g/mol. The van der Waals surface area contributed by atoms with Gasteiger partial charge in [0.1, 0.15) is 0 Å². The summed E-state index contributed by atoms with van der Waals surface area (Å²) in [5.74, 6) is 0.272. The predicted octanol–water partition coefficient (Wildman–Crippen LogP) is 0.998. The van der Waals surface area contributed by atoms with E-state index in [1.54, 1.807) is 0 Å². The van der Waals surface area contributed by atoms with Gasteiger partial charge in [0.15, 0.2) is 0 Å². The molecule has 0 saturated carbocycles. The van der Waals surface area contributed by atoms with E-state index in [9.17, 15) is 4.79 Å². The first kappa shape index (κ1) is 10.5. The van der Waals surface area contributed by atoms with Crippen LogP contribution in [0.3, 0.4) is 0 Å². The maximum Gasteiger partial charge on any atom is 0.236 e. The number of nitrogens with zero attached hydrogens (tertiary/aromatic N) is 1. The molecule has 0 atom stereocenters. The van der Waals surface area contributed by atoms with Crippen LogP contribution in [0, 0.1) is 0 Å². The van der Waals surface area contributed by atoms with E-state index in [0.717, 1.165) is 26.1 Å². The van der Waals surface area contributed by atoms with Crippen molar-refractivity contribution in [2.24, 2.45) is 0 Å². The molecule has 0 aromatic heterocycles. The highest BCUT2D eigenvalue weighted by atomic mass is 16.2. The SMILES string of the molecule is CCCCNCC(=O)N1CCCC1. The third-order valence-electron chi connectivity index (χ3n) is 2.44. The molecule has 3 nitrogen and oxygen atoms in total. The highest BCUT2D eigenvalue weighted by Gasteiger charge is 2.16. The van der Waals surface area contributed by atoms with Gasteiger partial charge in [-0.05, 0) is 25.8 Å². The highest BCUT2D eigenvalue weighted by Crippen LogP contribution is 2.06. The lowest BCUT2D eigenvalue weighted by Gasteiger charge is -2.15. The Bertz CT molecular complexity index is 153. The second-order valence-electron chi connectivity index (χ2n) is 3.62. The van der Waals surface area contributed by atoms with Crippen LogP contribution in [0.15, 0.2) is 0 Å². The van der Waals surface area contributed by atoms with Crippen LogP contribution in [0.2, 0.25) is 0 Å². The molecule has 3 heteroatoms. The minimum atomic E-state index is 0.272. The zero-order valence-electron chi connectivity index (χ0n) is 8.51. The summed E-state index contributed by atoms with van der Waals surface area (Å²) in [5, 5.41) is 3.17. The molecule has 0 aromatic rings. The molecule has 1 saturated heterocycles. The molecule has 0 aliphatic carbocycles. The second kappa shape index (κ2) is 5.97. The highest BCUT2D eigenvalue weighted by molar-refractivity contribution is 5.78. The van der Waals surface area contributed by atoms with Crippen LogP contribution in [0.4, 0.5) is 0 Å². The lowest BCUT2D eigenvalue weighted by atomic mass is 10.3. The molecule has 13 heavy (non-hydrogen) atoms. The van der Waals surface area contributed by atoms with Crippen molar-refractivity contribution in [3.63, 3.8) is 0 Å². The molecular formula is C10H20N2O. The molecule has 0 bridgehead atoms. The zero-order valence-corrected chi connectivity index (χ0v) is 8.51. The van der Waals surface area contributed by atoms with Crippen LogP contribution in [0.5, 0.6) is 0 Å². The Labute approximate surface area is 80.5 Å². The van der Waals surface area contributed by atoms with E-state index in [-0.39, 0.29) is 5.91 Å². The van der Waals surface area contributed by atoms with Gasteiger partial charge < -0.3 is 10.2 Å². The second-order valence-corrected chi connectivity index (χ2v) is 3.62. The topological polar surface area (TPSA) is 32.3 Å². The molecule has 1 amide bonds. The third-order valence-corrected chi connectivity index (χ3v) is 2.44. The van der Waals surface area contributed by atoms with Gasteiger partial charge in [0.05, 0.1) is 6.54 Å². The van der Waals surface area contributed by atoms with Crippen LogP contribution >= 0.6 is 0 Å². The van der Waals surface area contributed by atoms with E-state index in [1.807, 2.05) is 4.90 Å². The summed E-state index contributed by atoms with van der Waals surface area (Å²) in [6, 6.07) is 0. The predicted molar refractivity (Wildman–Crippen MR) is 53.6 cm³/mol. The fourth-order valence-electron chi connectivity index (χ4n) is 1.58. The van der Waals surface area contributed by atoms with Crippen molar-refractivity contribution in [1.29, 1.82) is 0 Å². The van der Waals surface area contributed by atoms with E-state index in [2.05, 4.69) is 12.2 Å². The summed E-state index contributed by atoms with van der Waals surface area (Å²) in [6.07, 6.45) is 4.71. The van der Waals surface area contributed by atoms with Gasteiger partial charge in [-0.1, -0.05) is 13.3 Å². The van der Waals surface area contributed by atoms with Crippen molar-refractivity contribution in [2.45, 2.75) is 32.6 Å². The number of hydrogen-bond donors (Lipinski definition) is 1. The average Bonchev–Trinajstić information content (AvgIpc) is 2.65. The van der Waals surface area contributed by atoms with Gasteiger partial charge in [0.2, 0.25) is 5.91 Å². The Morgan fingerprint density at radius 1 is 1.38 bits per heavy atom. The third kappa shape index (κ3) is 3.77. The number of hydrogen-bond acceptors (Lipinski definition) is 2.